The molecule has 1 amide bonds. The molecule has 0 heterocycles. The van der Waals surface area contributed by atoms with Crippen molar-refractivity contribution in [1.82, 2.24) is 0 Å². The predicted octanol–water partition coefficient (Wildman–Crippen LogP) is 2.90. The molecule has 17 heavy (non-hydrogen) atoms. The number of hydrogen-bond acceptors (Lipinski definition) is 1. The third kappa shape index (κ3) is 2.65. The first-order valence-electron chi connectivity index (χ1n) is 6.17. The molecule has 0 bridgehead atoms. The molecule has 1 aromatic carbocycles. The van der Waals surface area contributed by atoms with Crippen LogP contribution in [0.25, 0.3) is 0 Å². The van der Waals surface area contributed by atoms with Crippen LogP contribution in [0.15, 0.2) is 24.3 Å². The van der Waals surface area contributed by atoms with E-state index in [1.807, 2.05) is 0 Å². The second-order valence-corrected chi connectivity index (χ2v) is 4.99. The average Bonchev–Trinajstić information content (AvgIpc) is 2.30. The van der Waals surface area contributed by atoms with Crippen LogP contribution in [-0.2, 0) is 10.2 Å². The highest BCUT2D eigenvalue weighted by molar-refractivity contribution is 5.75. The fraction of sp³-hybridized carbons (Fsp3) is 0.500. The van der Waals surface area contributed by atoms with Crippen LogP contribution >= 0.6 is 0 Å². The van der Waals surface area contributed by atoms with Gasteiger partial charge in [0, 0.05) is 11.8 Å². The molecule has 0 aliphatic heterocycles. The number of primary amides is 1. The van der Waals surface area contributed by atoms with Gasteiger partial charge in [-0.25, -0.2) is 4.39 Å². The van der Waals surface area contributed by atoms with E-state index >= 15 is 0 Å². The van der Waals surface area contributed by atoms with E-state index in [0.717, 1.165) is 31.2 Å². The van der Waals surface area contributed by atoms with Crippen LogP contribution < -0.4 is 5.73 Å². The van der Waals surface area contributed by atoms with E-state index in [2.05, 4.69) is 0 Å². The number of halogens is 1. The fourth-order valence-electron chi connectivity index (χ4n) is 2.93. The third-order valence-corrected chi connectivity index (χ3v) is 3.78. The highest BCUT2D eigenvalue weighted by Crippen LogP contribution is 2.42. The van der Waals surface area contributed by atoms with E-state index in [4.69, 9.17) is 5.73 Å². The Balaban J connectivity index is 2.31. The van der Waals surface area contributed by atoms with Gasteiger partial charge in [0.1, 0.15) is 5.82 Å². The van der Waals surface area contributed by atoms with Crippen molar-refractivity contribution >= 4 is 5.91 Å². The first kappa shape index (κ1) is 12.1. The lowest BCUT2D eigenvalue weighted by molar-refractivity contribution is -0.119. The van der Waals surface area contributed by atoms with Crippen LogP contribution in [0.3, 0.4) is 0 Å². The van der Waals surface area contributed by atoms with E-state index < -0.39 is 0 Å². The van der Waals surface area contributed by atoms with E-state index in [-0.39, 0.29) is 17.1 Å². The van der Waals surface area contributed by atoms with E-state index in [1.165, 1.54) is 18.6 Å². The Morgan fingerprint density at radius 1 is 1.18 bits per heavy atom. The van der Waals surface area contributed by atoms with Gasteiger partial charge in [0.15, 0.2) is 0 Å². The van der Waals surface area contributed by atoms with Gasteiger partial charge in [-0.1, -0.05) is 31.4 Å². The molecule has 1 aromatic rings. The van der Waals surface area contributed by atoms with Crippen molar-refractivity contribution in [3.63, 3.8) is 0 Å². The van der Waals surface area contributed by atoms with Gasteiger partial charge < -0.3 is 5.73 Å². The summed E-state index contributed by atoms with van der Waals surface area (Å²) in [7, 11) is 0. The summed E-state index contributed by atoms with van der Waals surface area (Å²) in [5.74, 6) is -0.505. The lowest BCUT2D eigenvalue weighted by Crippen LogP contribution is -2.34. The topological polar surface area (TPSA) is 43.1 Å². The Kier molecular flexibility index (Phi) is 3.46. The number of nitrogens with two attached hydrogens (primary N) is 1. The first-order chi connectivity index (χ1) is 8.12. The molecule has 1 aliphatic rings. The van der Waals surface area contributed by atoms with Crippen molar-refractivity contribution in [2.75, 3.05) is 0 Å². The standard InChI is InChI=1S/C14H18FNO/c15-12-6-4-11(5-7-12)14(10-13(16)17)8-2-1-3-9-14/h4-7H,1-3,8-10H2,(H2,16,17). The molecule has 0 saturated heterocycles. The Morgan fingerprint density at radius 3 is 2.29 bits per heavy atom. The summed E-state index contributed by atoms with van der Waals surface area (Å²) in [5, 5.41) is 0. The van der Waals surface area contributed by atoms with Crippen LogP contribution in [0, 0.1) is 5.82 Å². The van der Waals surface area contributed by atoms with Gasteiger partial charge in [0.25, 0.3) is 0 Å². The largest absolute Gasteiger partial charge is 0.370 e. The number of carbonyl (C=O) groups is 1. The van der Waals surface area contributed by atoms with Gasteiger partial charge in [0.05, 0.1) is 0 Å². The summed E-state index contributed by atoms with van der Waals surface area (Å²) >= 11 is 0. The van der Waals surface area contributed by atoms with Gasteiger partial charge in [-0.15, -0.1) is 0 Å². The van der Waals surface area contributed by atoms with E-state index in [1.54, 1.807) is 12.1 Å². The summed E-state index contributed by atoms with van der Waals surface area (Å²) in [4.78, 5) is 11.3. The molecule has 2 nitrogen and oxygen atoms in total. The number of amides is 1. The SMILES string of the molecule is NC(=O)CC1(c2ccc(F)cc2)CCCCC1. The molecular formula is C14H18FNO. The first-order valence-corrected chi connectivity index (χ1v) is 6.17. The minimum absolute atomic E-state index is 0.155. The maximum atomic E-state index is 12.9. The van der Waals surface area contributed by atoms with Crippen molar-refractivity contribution in [2.45, 2.75) is 43.9 Å². The summed E-state index contributed by atoms with van der Waals surface area (Å²) in [6.07, 6.45) is 5.76. The molecule has 2 N–H and O–H groups in total. The van der Waals surface area contributed by atoms with E-state index in [0.29, 0.717) is 6.42 Å². The number of hydrogen-bond donors (Lipinski definition) is 1. The lowest BCUT2D eigenvalue weighted by Gasteiger charge is -2.37. The van der Waals surface area contributed by atoms with Gasteiger partial charge >= 0.3 is 0 Å². The molecule has 92 valence electrons. The maximum absolute atomic E-state index is 12.9. The Hall–Kier alpha value is -1.38. The van der Waals surface area contributed by atoms with Crippen molar-refractivity contribution in [3.8, 4) is 0 Å². The molecule has 3 heteroatoms. The van der Waals surface area contributed by atoms with Gasteiger partial charge in [-0.05, 0) is 30.5 Å². The zero-order valence-electron chi connectivity index (χ0n) is 9.92. The molecule has 1 aliphatic carbocycles. The lowest BCUT2D eigenvalue weighted by atomic mass is 9.67. The smallest absolute Gasteiger partial charge is 0.218 e. The minimum Gasteiger partial charge on any atom is -0.370 e. The van der Waals surface area contributed by atoms with Crippen molar-refractivity contribution in [1.29, 1.82) is 0 Å². The van der Waals surface area contributed by atoms with Crippen molar-refractivity contribution in [2.24, 2.45) is 5.73 Å². The molecule has 1 saturated carbocycles. The monoisotopic (exact) mass is 235 g/mol. The predicted molar refractivity (Wildman–Crippen MR) is 65.0 cm³/mol. The molecule has 1 fully saturated rings. The van der Waals surface area contributed by atoms with E-state index in [9.17, 15) is 9.18 Å². The molecule has 0 unspecified atom stereocenters. The van der Waals surface area contributed by atoms with Crippen LogP contribution in [0.2, 0.25) is 0 Å². The Bertz CT molecular complexity index is 393. The highest BCUT2D eigenvalue weighted by Gasteiger charge is 2.35. The average molecular weight is 235 g/mol. The molecular weight excluding hydrogens is 217 g/mol. The highest BCUT2D eigenvalue weighted by atomic mass is 19.1. The quantitative estimate of drug-likeness (QED) is 0.860. The summed E-state index contributed by atoms with van der Waals surface area (Å²) < 4.78 is 12.9. The molecule has 0 aromatic heterocycles. The van der Waals surface area contributed by atoms with Crippen LogP contribution in [0.5, 0.6) is 0 Å². The minimum atomic E-state index is -0.267. The second-order valence-electron chi connectivity index (χ2n) is 4.99. The summed E-state index contributed by atoms with van der Waals surface area (Å²) in [6.45, 7) is 0. The Morgan fingerprint density at radius 2 is 1.76 bits per heavy atom. The number of benzene rings is 1. The molecule has 2 rings (SSSR count). The Labute approximate surface area is 101 Å². The van der Waals surface area contributed by atoms with Crippen molar-refractivity contribution in [3.05, 3.63) is 35.6 Å². The van der Waals surface area contributed by atoms with Gasteiger partial charge in [-0.2, -0.15) is 0 Å². The van der Waals surface area contributed by atoms with Gasteiger partial charge in [0.2, 0.25) is 5.91 Å². The molecule has 0 atom stereocenters. The zero-order valence-corrected chi connectivity index (χ0v) is 9.92. The fourth-order valence-corrected chi connectivity index (χ4v) is 2.93. The normalized spacial score (nSPS) is 18.9. The summed E-state index contributed by atoms with van der Waals surface area (Å²) in [5.41, 5.74) is 6.26. The van der Waals surface area contributed by atoms with Gasteiger partial charge in [-0.3, -0.25) is 4.79 Å². The van der Waals surface area contributed by atoms with Crippen LogP contribution in [0.4, 0.5) is 4.39 Å². The zero-order chi connectivity index (χ0) is 12.3. The summed E-state index contributed by atoms with van der Waals surface area (Å²) in [6, 6.07) is 6.52. The van der Waals surface area contributed by atoms with Crippen molar-refractivity contribution < 1.29 is 9.18 Å². The number of rotatable bonds is 3. The molecule has 0 spiro atoms. The second kappa shape index (κ2) is 4.86. The van der Waals surface area contributed by atoms with Crippen LogP contribution in [0.1, 0.15) is 44.1 Å². The third-order valence-electron chi connectivity index (χ3n) is 3.78. The maximum Gasteiger partial charge on any atom is 0.218 e. The molecule has 0 radical (unpaired) electrons. The van der Waals surface area contributed by atoms with Crippen LogP contribution in [-0.4, -0.2) is 5.91 Å². The number of carbonyl (C=O) groups excluding carboxylic acids is 1.